The molecule has 2 aromatic heterocycles. The zero-order valence-corrected chi connectivity index (χ0v) is 40.4. The molecule has 0 saturated carbocycles. The van der Waals surface area contributed by atoms with Crippen molar-refractivity contribution < 1.29 is 18.3 Å². The normalized spacial score (nSPS) is 11.4. The number of aromatic nitrogens is 4. The van der Waals surface area contributed by atoms with Gasteiger partial charge in [0.1, 0.15) is 11.5 Å². The molecule has 0 unspecified atom stereocenters. The van der Waals surface area contributed by atoms with Crippen LogP contribution in [0.3, 0.4) is 0 Å². The largest absolute Gasteiger partial charge is 0.494 e. The van der Waals surface area contributed by atoms with E-state index >= 15 is 0 Å². The fraction of sp³-hybridized carbons (Fsp3) is 0.593. The summed E-state index contributed by atoms with van der Waals surface area (Å²) in [5.74, 6) is 3.46. The molecule has 0 aliphatic carbocycles. The first-order chi connectivity index (χ1) is 31.1. The number of hydrogen-bond donors (Lipinski definition) is 0. The van der Waals surface area contributed by atoms with Crippen molar-refractivity contribution in [2.45, 2.75) is 194 Å². The second kappa shape index (κ2) is 31.0. The quantitative estimate of drug-likeness (QED) is 0.0367. The molecule has 0 aliphatic heterocycles. The molecule has 8 nitrogen and oxygen atoms in total. The average molecular weight is 926 g/mol. The molecular weight excluding hydrogens is 849 g/mol. The standard InChI is InChI=1S/C54H77BrN4O4/c1-3-5-7-9-11-13-15-17-19-21-23-25-27-29-41-60-47-36-31-44(32-37-47)51-56-58-53(62-51)46-35-40-49(50(55)43-46)54-59-57-52(63-54)45-33-38-48(39-34-45)61-42-30-28-26-24-22-20-18-16-14-12-10-8-6-4-2/h31-40,43H,3-30,41-42H2,1-2H3. The highest BCUT2D eigenvalue weighted by molar-refractivity contribution is 9.10. The summed E-state index contributed by atoms with van der Waals surface area (Å²) >= 11 is 3.69. The van der Waals surface area contributed by atoms with Gasteiger partial charge in [-0.15, -0.1) is 20.4 Å². The number of halogens is 1. The van der Waals surface area contributed by atoms with Crippen molar-refractivity contribution in [3.05, 3.63) is 71.2 Å². The van der Waals surface area contributed by atoms with E-state index in [9.17, 15) is 0 Å². The Morgan fingerprint density at radius 3 is 1.03 bits per heavy atom. The predicted molar refractivity (Wildman–Crippen MR) is 263 cm³/mol. The molecule has 0 atom stereocenters. The minimum Gasteiger partial charge on any atom is -0.494 e. The number of rotatable bonds is 36. The van der Waals surface area contributed by atoms with Gasteiger partial charge in [0.05, 0.1) is 18.8 Å². The smallest absolute Gasteiger partial charge is 0.249 e. The summed E-state index contributed by atoms with van der Waals surface area (Å²) in [5, 5.41) is 17.3. The lowest BCUT2D eigenvalue weighted by Crippen LogP contribution is -1.97. The molecule has 5 aromatic rings. The molecule has 2 heterocycles. The first-order valence-corrected chi connectivity index (χ1v) is 25.9. The van der Waals surface area contributed by atoms with E-state index in [2.05, 4.69) is 50.2 Å². The van der Waals surface area contributed by atoms with Gasteiger partial charge in [-0.2, -0.15) is 0 Å². The topological polar surface area (TPSA) is 96.3 Å². The summed E-state index contributed by atoms with van der Waals surface area (Å²) in [7, 11) is 0. The molecule has 9 heteroatoms. The van der Waals surface area contributed by atoms with E-state index in [1.54, 1.807) is 0 Å². The minimum atomic E-state index is 0.416. The molecule has 0 aliphatic rings. The van der Waals surface area contributed by atoms with Crippen molar-refractivity contribution in [3.8, 4) is 57.3 Å². The maximum absolute atomic E-state index is 6.10. The number of benzene rings is 3. The highest BCUT2D eigenvalue weighted by Gasteiger charge is 2.17. The molecule has 0 fully saturated rings. The zero-order chi connectivity index (χ0) is 44.0. The Kier molecular flexibility index (Phi) is 24.6. The molecule has 0 bridgehead atoms. The van der Waals surface area contributed by atoms with Crippen LogP contribution < -0.4 is 9.47 Å². The van der Waals surface area contributed by atoms with Gasteiger partial charge < -0.3 is 18.3 Å². The molecule has 0 amide bonds. The summed E-state index contributed by atoms with van der Waals surface area (Å²) in [4.78, 5) is 0. The summed E-state index contributed by atoms with van der Waals surface area (Å²) < 4.78 is 25.0. The molecule has 344 valence electrons. The van der Waals surface area contributed by atoms with Crippen LogP contribution in [-0.4, -0.2) is 33.6 Å². The van der Waals surface area contributed by atoms with Crippen LogP contribution in [0.25, 0.3) is 45.8 Å². The van der Waals surface area contributed by atoms with Crippen LogP contribution in [0.4, 0.5) is 0 Å². The molecule has 0 saturated heterocycles. The monoisotopic (exact) mass is 925 g/mol. The fourth-order valence-electron chi connectivity index (χ4n) is 8.09. The zero-order valence-electron chi connectivity index (χ0n) is 38.9. The Morgan fingerprint density at radius 1 is 0.365 bits per heavy atom. The van der Waals surface area contributed by atoms with E-state index in [0.29, 0.717) is 23.6 Å². The van der Waals surface area contributed by atoms with Gasteiger partial charge in [0.2, 0.25) is 23.6 Å². The summed E-state index contributed by atoms with van der Waals surface area (Å²) in [5.41, 5.74) is 3.24. The van der Waals surface area contributed by atoms with Crippen LogP contribution >= 0.6 is 15.9 Å². The van der Waals surface area contributed by atoms with Crippen molar-refractivity contribution >= 4 is 15.9 Å². The van der Waals surface area contributed by atoms with Crippen molar-refractivity contribution in [2.75, 3.05) is 13.2 Å². The third-order valence-corrected chi connectivity index (χ3v) is 12.7. The first kappa shape index (κ1) is 50.0. The molecule has 63 heavy (non-hydrogen) atoms. The summed E-state index contributed by atoms with van der Waals surface area (Å²) in [6.45, 7) is 6.04. The highest BCUT2D eigenvalue weighted by Crippen LogP contribution is 2.34. The lowest BCUT2D eigenvalue weighted by molar-refractivity contribution is 0.304. The van der Waals surface area contributed by atoms with Gasteiger partial charge in [-0.25, -0.2) is 0 Å². The van der Waals surface area contributed by atoms with Gasteiger partial charge in [-0.3, -0.25) is 0 Å². The van der Waals surface area contributed by atoms with Gasteiger partial charge >= 0.3 is 0 Å². The van der Waals surface area contributed by atoms with E-state index in [0.717, 1.165) is 64.3 Å². The number of unbranched alkanes of at least 4 members (excludes halogenated alkanes) is 26. The second-order valence-corrected chi connectivity index (χ2v) is 18.3. The summed E-state index contributed by atoms with van der Waals surface area (Å²) in [6.07, 6.45) is 37.8. The van der Waals surface area contributed by atoms with Gasteiger partial charge in [0, 0.05) is 21.2 Å². The van der Waals surface area contributed by atoms with E-state index in [1.165, 1.54) is 167 Å². The molecule has 0 radical (unpaired) electrons. The van der Waals surface area contributed by atoms with Gasteiger partial charge in [-0.1, -0.05) is 181 Å². The number of hydrogen-bond acceptors (Lipinski definition) is 8. The van der Waals surface area contributed by atoms with E-state index in [4.69, 9.17) is 18.3 Å². The van der Waals surface area contributed by atoms with Crippen LogP contribution in [-0.2, 0) is 0 Å². The molecule has 5 rings (SSSR count). The van der Waals surface area contributed by atoms with E-state index < -0.39 is 0 Å². The molecule has 0 spiro atoms. The SMILES string of the molecule is CCCCCCCCCCCCCCCCOc1ccc(-c2nnc(-c3ccc(-c4nnc(-c5ccc(OCCCCCCCCCCCCCCCC)cc5)o4)c(Br)c3)o2)cc1. The second-order valence-electron chi connectivity index (χ2n) is 17.5. The van der Waals surface area contributed by atoms with Crippen molar-refractivity contribution in [1.82, 2.24) is 20.4 Å². The Balaban J connectivity index is 0.946. The number of ether oxygens (including phenoxy) is 2. The van der Waals surface area contributed by atoms with E-state index in [-0.39, 0.29) is 0 Å². The summed E-state index contributed by atoms with van der Waals surface area (Å²) in [6, 6.07) is 21.5. The Labute approximate surface area is 388 Å². The third-order valence-electron chi connectivity index (χ3n) is 12.0. The third kappa shape index (κ3) is 19.3. The van der Waals surface area contributed by atoms with Crippen molar-refractivity contribution in [3.63, 3.8) is 0 Å². The Morgan fingerprint density at radius 2 is 0.667 bits per heavy atom. The van der Waals surface area contributed by atoms with Crippen molar-refractivity contribution in [1.29, 1.82) is 0 Å². The predicted octanol–water partition coefficient (Wildman–Crippen LogP) is 17.6. The highest BCUT2D eigenvalue weighted by atomic mass is 79.9. The van der Waals surface area contributed by atoms with Gasteiger partial charge in [-0.05, 0) is 95.5 Å². The Hall–Kier alpha value is -3.98. The van der Waals surface area contributed by atoms with Crippen LogP contribution in [0, 0.1) is 0 Å². The molecular formula is C54H77BrN4O4. The van der Waals surface area contributed by atoms with Crippen LogP contribution in [0.5, 0.6) is 11.5 Å². The first-order valence-electron chi connectivity index (χ1n) is 25.1. The molecule has 0 N–H and O–H groups in total. The maximum atomic E-state index is 6.10. The van der Waals surface area contributed by atoms with Crippen LogP contribution in [0.1, 0.15) is 194 Å². The Bertz CT molecular complexity index is 1910. The maximum Gasteiger partial charge on any atom is 0.249 e. The fourth-order valence-corrected chi connectivity index (χ4v) is 8.64. The molecule has 3 aromatic carbocycles. The lowest BCUT2D eigenvalue weighted by atomic mass is 10.0. The van der Waals surface area contributed by atoms with E-state index in [1.807, 2.05) is 66.7 Å². The minimum absolute atomic E-state index is 0.416. The van der Waals surface area contributed by atoms with Crippen LogP contribution in [0.2, 0.25) is 0 Å². The van der Waals surface area contributed by atoms with Gasteiger partial charge in [0.15, 0.2) is 0 Å². The van der Waals surface area contributed by atoms with Crippen LogP contribution in [0.15, 0.2) is 80.0 Å². The van der Waals surface area contributed by atoms with Crippen molar-refractivity contribution in [2.24, 2.45) is 0 Å². The number of nitrogens with zero attached hydrogens (tertiary/aromatic N) is 4. The average Bonchev–Trinajstić information content (AvgIpc) is 4.01. The van der Waals surface area contributed by atoms with Gasteiger partial charge in [0.25, 0.3) is 0 Å². The lowest BCUT2D eigenvalue weighted by Gasteiger charge is -2.07.